The second-order valence-electron chi connectivity index (χ2n) is 3.32. The van der Waals surface area contributed by atoms with Crippen molar-refractivity contribution < 1.29 is 15.2 Å². The summed E-state index contributed by atoms with van der Waals surface area (Å²) in [5.41, 5.74) is 4.98. The summed E-state index contributed by atoms with van der Waals surface area (Å²) in [5.74, 6) is 0.912. The van der Waals surface area contributed by atoms with Crippen molar-refractivity contribution in [2.24, 2.45) is 0 Å². The number of para-hydroxylation sites is 4. The normalized spacial score (nSPS) is 9.76. The molecule has 0 aliphatic carbocycles. The number of benzene rings is 2. The standard InChI is InChI=1S/C12H12N2O3/c15-13-9-5-1-3-7-11(9)17-12-8-4-2-6-10(12)14-16/h1-8,13-16H. The Morgan fingerprint density at radius 3 is 1.53 bits per heavy atom. The maximum absolute atomic E-state index is 8.93. The van der Waals surface area contributed by atoms with Gasteiger partial charge in [-0.25, -0.2) is 0 Å². The first-order chi connectivity index (χ1) is 8.35. The zero-order valence-corrected chi connectivity index (χ0v) is 8.92. The fourth-order valence-corrected chi connectivity index (χ4v) is 1.41. The molecule has 2 aromatic carbocycles. The molecule has 0 aromatic heterocycles. The van der Waals surface area contributed by atoms with E-state index in [4.69, 9.17) is 15.2 Å². The fourth-order valence-electron chi connectivity index (χ4n) is 1.41. The van der Waals surface area contributed by atoms with E-state index in [9.17, 15) is 0 Å². The third kappa shape index (κ3) is 2.47. The summed E-state index contributed by atoms with van der Waals surface area (Å²) < 4.78 is 5.58. The van der Waals surface area contributed by atoms with E-state index in [2.05, 4.69) is 0 Å². The SMILES string of the molecule is ONc1ccccc1Oc1ccccc1NO. The summed E-state index contributed by atoms with van der Waals surface area (Å²) in [6.07, 6.45) is 0. The number of anilines is 2. The van der Waals surface area contributed by atoms with E-state index in [0.717, 1.165) is 0 Å². The van der Waals surface area contributed by atoms with E-state index < -0.39 is 0 Å². The van der Waals surface area contributed by atoms with Gasteiger partial charge in [0.2, 0.25) is 0 Å². The molecule has 0 atom stereocenters. The number of nitrogens with one attached hydrogen (secondary N) is 2. The van der Waals surface area contributed by atoms with Crippen molar-refractivity contribution in [2.75, 3.05) is 11.0 Å². The van der Waals surface area contributed by atoms with E-state index >= 15 is 0 Å². The van der Waals surface area contributed by atoms with E-state index in [1.807, 2.05) is 11.0 Å². The number of ether oxygens (including phenoxy) is 1. The van der Waals surface area contributed by atoms with Crippen LogP contribution in [0.1, 0.15) is 0 Å². The van der Waals surface area contributed by atoms with Gasteiger partial charge in [-0.2, -0.15) is 0 Å². The summed E-state index contributed by atoms with van der Waals surface area (Å²) in [6.45, 7) is 0. The monoisotopic (exact) mass is 232 g/mol. The quantitative estimate of drug-likeness (QED) is 0.609. The number of rotatable bonds is 4. The molecule has 17 heavy (non-hydrogen) atoms. The third-order valence-electron chi connectivity index (χ3n) is 2.23. The van der Waals surface area contributed by atoms with Crippen LogP contribution in [0.25, 0.3) is 0 Å². The average molecular weight is 232 g/mol. The minimum absolute atomic E-state index is 0.445. The lowest BCUT2D eigenvalue weighted by Crippen LogP contribution is -1.96. The van der Waals surface area contributed by atoms with Crippen molar-refractivity contribution >= 4 is 11.4 Å². The second-order valence-corrected chi connectivity index (χ2v) is 3.32. The smallest absolute Gasteiger partial charge is 0.152 e. The molecule has 0 amide bonds. The van der Waals surface area contributed by atoms with Gasteiger partial charge in [0.25, 0.3) is 0 Å². The number of hydrogen-bond donors (Lipinski definition) is 4. The summed E-state index contributed by atoms with van der Waals surface area (Å²) in [4.78, 5) is 0. The van der Waals surface area contributed by atoms with Gasteiger partial charge in [0.15, 0.2) is 11.5 Å². The number of hydrogen-bond acceptors (Lipinski definition) is 5. The maximum atomic E-state index is 8.93. The minimum Gasteiger partial charge on any atom is -0.453 e. The van der Waals surface area contributed by atoms with Crippen LogP contribution < -0.4 is 15.7 Å². The second kappa shape index (κ2) is 5.20. The van der Waals surface area contributed by atoms with Gasteiger partial charge < -0.3 is 4.74 Å². The van der Waals surface area contributed by atoms with Crippen molar-refractivity contribution in [1.82, 2.24) is 0 Å². The largest absolute Gasteiger partial charge is 0.453 e. The van der Waals surface area contributed by atoms with Crippen molar-refractivity contribution in [2.45, 2.75) is 0 Å². The van der Waals surface area contributed by atoms with Gasteiger partial charge in [-0.05, 0) is 24.3 Å². The molecule has 0 radical (unpaired) electrons. The van der Waals surface area contributed by atoms with E-state index in [-0.39, 0.29) is 0 Å². The molecule has 0 saturated heterocycles. The molecule has 5 nitrogen and oxygen atoms in total. The zero-order valence-electron chi connectivity index (χ0n) is 8.92. The highest BCUT2D eigenvalue weighted by molar-refractivity contribution is 5.60. The first-order valence-electron chi connectivity index (χ1n) is 5.01. The summed E-state index contributed by atoms with van der Waals surface area (Å²) in [5, 5.41) is 17.9. The van der Waals surface area contributed by atoms with Crippen LogP contribution >= 0.6 is 0 Å². The Morgan fingerprint density at radius 2 is 1.12 bits per heavy atom. The molecule has 2 rings (SSSR count). The highest BCUT2D eigenvalue weighted by Gasteiger charge is 2.06. The van der Waals surface area contributed by atoms with Gasteiger partial charge in [0.1, 0.15) is 11.4 Å². The predicted molar refractivity (Wildman–Crippen MR) is 63.8 cm³/mol. The lowest BCUT2D eigenvalue weighted by atomic mass is 10.3. The first-order valence-corrected chi connectivity index (χ1v) is 5.01. The predicted octanol–water partition coefficient (Wildman–Crippen LogP) is 3.08. The lowest BCUT2D eigenvalue weighted by molar-refractivity contribution is 0.377. The average Bonchev–Trinajstić information content (AvgIpc) is 2.40. The van der Waals surface area contributed by atoms with Crippen LogP contribution in [0.5, 0.6) is 11.5 Å². The van der Waals surface area contributed by atoms with E-state index in [1.54, 1.807) is 48.5 Å². The molecular formula is C12H12N2O3. The molecule has 4 N–H and O–H groups in total. The van der Waals surface area contributed by atoms with Crippen LogP contribution in [-0.2, 0) is 0 Å². The molecular weight excluding hydrogens is 220 g/mol. The molecule has 0 heterocycles. The van der Waals surface area contributed by atoms with Gasteiger partial charge in [-0.15, -0.1) is 0 Å². The van der Waals surface area contributed by atoms with Crippen molar-refractivity contribution in [1.29, 1.82) is 0 Å². The molecule has 0 unspecified atom stereocenters. The summed E-state index contributed by atoms with van der Waals surface area (Å²) in [6, 6.07) is 13.8. The minimum atomic E-state index is 0.445. The van der Waals surface area contributed by atoms with Crippen LogP contribution in [0.2, 0.25) is 0 Å². The molecule has 0 fully saturated rings. The van der Waals surface area contributed by atoms with Gasteiger partial charge in [0, 0.05) is 0 Å². The highest BCUT2D eigenvalue weighted by Crippen LogP contribution is 2.32. The van der Waals surface area contributed by atoms with Crippen LogP contribution in [0.15, 0.2) is 48.5 Å². The van der Waals surface area contributed by atoms with Gasteiger partial charge in [-0.3, -0.25) is 21.4 Å². The first kappa shape index (κ1) is 11.3. The molecule has 88 valence electrons. The van der Waals surface area contributed by atoms with Crippen LogP contribution in [0.3, 0.4) is 0 Å². The Bertz CT molecular complexity index is 457. The Kier molecular flexibility index (Phi) is 3.44. The van der Waals surface area contributed by atoms with Crippen molar-refractivity contribution in [3.05, 3.63) is 48.5 Å². The molecule has 5 heteroatoms. The molecule has 0 aliphatic heterocycles. The van der Waals surface area contributed by atoms with Crippen LogP contribution in [0, 0.1) is 0 Å². The van der Waals surface area contributed by atoms with Crippen LogP contribution in [-0.4, -0.2) is 10.4 Å². The Balaban J connectivity index is 2.31. The maximum Gasteiger partial charge on any atom is 0.152 e. The molecule has 0 aliphatic rings. The molecule has 2 aromatic rings. The highest BCUT2D eigenvalue weighted by atomic mass is 16.5. The van der Waals surface area contributed by atoms with Gasteiger partial charge in [0.05, 0.1) is 0 Å². The molecule has 0 saturated carbocycles. The third-order valence-corrected chi connectivity index (χ3v) is 2.23. The summed E-state index contributed by atoms with van der Waals surface area (Å²) in [7, 11) is 0. The molecule has 0 bridgehead atoms. The Labute approximate surface area is 98.2 Å². The van der Waals surface area contributed by atoms with Gasteiger partial charge in [-0.1, -0.05) is 24.3 Å². The summed E-state index contributed by atoms with van der Waals surface area (Å²) >= 11 is 0. The van der Waals surface area contributed by atoms with E-state index in [0.29, 0.717) is 22.9 Å². The topological polar surface area (TPSA) is 73.8 Å². The lowest BCUT2D eigenvalue weighted by Gasteiger charge is -2.12. The van der Waals surface area contributed by atoms with E-state index in [1.165, 1.54) is 0 Å². The van der Waals surface area contributed by atoms with Crippen LogP contribution in [0.4, 0.5) is 11.4 Å². The Hall–Kier alpha value is -2.24. The van der Waals surface area contributed by atoms with Gasteiger partial charge >= 0.3 is 0 Å². The fraction of sp³-hybridized carbons (Fsp3) is 0. The Morgan fingerprint density at radius 1 is 0.706 bits per heavy atom. The van der Waals surface area contributed by atoms with Crippen molar-refractivity contribution in [3.63, 3.8) is 0 Å². The zero-order chi connectivity index (χ0) is 12.1. The van der Waals surface area contributed by atoms with Crippen molar-refractivity contribution in [3.8, 4) is 11.5 Å². The molecule has 0 spiro atoms.